The van der Waals surface area contributed by atoms with Crippen LogP contribution in [-0.2, 0) is 15.9 Å². The Hall–Kier alpha value is -0.800. The lowest BCUT2D eigenvalue weighted by Crippen LogP contribution is -1.79. The smallest absolute Gasteiger partial charge is 0.0616 e. The predicted octanol–water partition coefficient (Wildman–Crippen LogP) is 3.39. The van der Waals surface area contributed by atoms with Gasteiger partial charge in [0.2, 0.25) is 0 Å². The van der Waals surface area contributed by atoms with E-state index in [0.29, 0.717) is 11.7 Å². The largest absolute Gasteiger partial charge is 0.505 e. The quantitative estimate of drug-likeness (QED) is 0.713. The highest BCUT2D eigenvalue weighted by molar-refractivity contribution is 9.10. The van der Waals surface area contributed by atoms with Gasteiger partial charge in [-0.3, -0.25) is 0 Å². The molecule has 0 atom stereocenters. The average Bonchev–Trinajstić information content (AvgIpc) is 2.16. The van der Waals surface area contributed by atoms with Crippen LogP contribution in [0.5, 0.6) is 0 Å². The van der Waals surface area contributed by atoms with E-state index >= 15 is 0 Å². The minimum atomic E-state index is 0.532. The second-order valence-corrected chi connectivity index (χ2v) is 4.23. The maximum Gasteiger partial charge on any atom is 0.505 e. The molecule has 2 rings (SSSR count). The van der Waals surface area contributed by atoms with Gasteiger partial charge >= 0.3 is 11.7 Å². The van der Waals surface area contributed by atoms with E-state index < -0.39 is 0 Å². The molecule has 0 aliphatic heterocycles. The summed E-state index contributed by atoms with van der Waals surface area (Å²) in [5.74, 6) is 0. The van der Waals surface area contributed by atoms with Crippen LogP contribution in [-0.4, -0.2) is 0 Å². The van der Waals surface area contributed by atoms with Gasteiger partial charge in [0.1, 0.15) is 0 Å². The van der Waals surface area contributed by atoms with Crippen molar-refractivity contribution < 1.29 is 4.21 Å². The standard InChI is InChI=1S/C10H6BrOS/c11-8-5-7-3-1-2-4-9(7)10(6-8)13-12/h1-6H/q+1. The van der Waals surface area contributed by atoms with Gasteiger partial charge < -0.3 is 0 Å². The SMILES string of the molecule is O=[S+]c1cc(Br)cc2ccccc12. The van der Waals surface area contributed by atoms with Gasteiger partial charge in [-0.1, -0.05) is 34.1 Å². The molecule has 13 heavy (non-hydrogen) atoms. The van der Waals surface area contributed by atoms with Crippen molar-refractivity contribution in [2.45, 2.75) is 4.90 Å². The van der Waals surface area contributed by atoms with Crippen molar-refractivity contribution in [3.63, 3.8) is 0 Å². The summed E-state index contributed by atoms with van der Waals surface area (Å²) in [7, 11) is 0. The fourth-order valence-corrected chi connectivity index (χ4v) is 2.39. The number of hydrogen-bond acceptors (Lipinski definition) is 1. The zero-order chi connectivity index (χ0) is 9.26. The van der Waals surface area contributed by atoms with E-state index in [2.05, 4.69) is 15.9 Å². The van der Waals surface area contributed by atoms with Crippen molar-refractivity contribution in [3.8, 4) is 0 Å². The third-order valence-electron chi connectivity index (χ3n) is 1.88. The zero-order valence-electron chi connectivity index (χ0n) is 6.66. The predicted molar refractivity (Wildman–Crippen MR) is 58.0 cm³/mol. The highest BCUT2D eigenvalue weighted by Gasteiger charge is 2.12. The van der Waals surface area contributed by atoms with Crippen molar-refractivity contribution in [1.82, 2.24) is 0 Å². The number of rotatable bonds is 1. The van der Waals surface area contributed by atoms with Gasteiger partial charge in [-0.25, -0.2) is 0 Å². The lowest BCUT2D eigenvalue weighted by atomic mass is 10.1. The number of fused-ring (bicyclic) bond motifs is 1. The molecule has 0 N–H and O–H groups in total. The number of benzene rings is 2. The topological polar surface area (TPSA) is 17.1 Å². The monoisotopic (exact) mass is 253 g/mol. The molecule has 0 saturated carbocycles. The molecule has 0 spiro atoms. The minimum absolute atomic E-state index is 0.532. The summed E-state index contributed by atoms with van der Waals surface area (Å²) in [6, 6.07) is 11.7. The van der Waals surface area contributed by atoms with E-state index in [1.807, 2.05) is 36.4 Å². The third-order valence-corrected chi connectivity index (χ3v) is 2.85. The van der Waals surface area contributed by atoms with Gasteiger partial charge in [-0.05, 0) is 17.5 Å². The first kappa shape index (κ1) is 8.78. The molecule has 0 bridgehead atoms. The molecule has 0 aromatic heterocycles. The van der Waals surface area contributed by atoms with Crippen molar-refractivity contribution in [3.05, 3.63) is 40.9 Å². The summed E-state index contributed by atoms with van der Waals surface area (Å²) >= 11 is 3.90. The molecule has 0 amide bonds. The molecule has 2 aromatic carbocycles. The Morgan fingerprint density at radius 2 is 1.92 bits per heavy atom. The molecule has 0 saturated heterocycles. The van der Waals surface area contributed by atoms with Crippen molar-refractivity contribution in [2.24, 2.45) is 0 Å². The minimum Gasteiger partial charge on any atom is -0.0616 e. The summed E-state index contributed by atoms with van der Waals surface area (Å²) < 4.78 is 11.7. The van der Waals surface area contributed by atoms with E-state index in [-0.39, 0.29) is 0 Å². The number of halogens is 1. The zero-order valence-corrected chi connectivity index (χ0v) is 9.06. The first-order valence-corrected chi connectivity index (χ1v) is 5.33. The summed E-state index contributed by atoms with van der Waals surface area (Å²) in [6.45, 7) is 0. The summed E-state index contributed by atoms with van der Waals surface area (Å²) in [5, 5.41) is 2.11. The Kier molecular flexibility index (Phi) is 2.38. The van der Waals surface area contributed by atoms with Crippen molar-refractivity contribution >= 4 is 38.4 Å². The highest BCUT2D eigenvalue weighted by Crippen LogP contribution is 2.24. The van der Waals surface area contributed by atoms with Crippen molar-refractivity contribution in [1.29, 1.82) is 0 Å². The Bertz CT molecular complexity index is 467. The van der Waals surface area contributed by atoms with Crippen LogP contribution >= 0.6 is 15.9 Å². The molecule has 64 valence electrons. The van der Waals surface area contributed by atoms with Crippen LogP contribution in [0.3, 0.4) is 0 Å². The van der Waals surface area contributed by atoms with Crippen LogP contribution in [0.4, 0.5) is 0 Å². The van der Waals surface area contributed by atoms with Crippen LogP contribution in [0.1, 0.15) is 0 Å². The van der Waals surface area contributed by atoms with E-state index in [9.17, 15) is 4.21 Å². The normalized spacial score (nSPS) is 10.2. The van der Waals surface area contributed by atoms with E-state index in [1.165, 1.54) is 0 Å². The van der Waals surface area contributed by atoms with E-state index in [4.69, 9.17) is 0 Å². The maximum atomic E-state index is 10.8. The second-order valence-electron chi connectivity index (χ2n) is 2.71. The van der Waals surface area contributed by atoms with Crippen LogP contribution in [0.25, 0.3) is 10.8 Å². The molecule has 1 nitrogen and oxygen atoms in total. The summed E-state index contributed by atoms with van der Waals surface area (Å²) in [4.78, 5) is 0.768. The molecular formula is C10H6BrOS+. The van der Waals surface area contributed by atoms with Gasteiger partial charge in [0, 0.05) is 14.7 Å². The summed E-state index contributed by atoms with van der Waals surface area (Å²) in [6.07, 6.45) is 0. The molecule has 0 radical (unpaired) electrons. The molecule has 0 unspecified atom stereocenters. The molecule has 0 fully saturated rings. The lowest BCUT2D eigenvalue weighted by Gasteiger charge is -1.94. The Labute approximate surface area is 88.4 Å². The van der Waals surface area contributed by atoms with Crippen LogP contribution in [0.2, 0.25) is 0 Å². The second kappa shape index (κ2) is 3.52. The molecule has 2 aromatic rings. The molecule has 0 heterocycles. The Morgan fingerprint density at radius 3 is 2.69 bits per heavy atom. The van der Waals surface area contributed by atoms with E-state index in [1.54, 1.807) is 0 Å². The first-order valence-electron chi connectivity index (χ1n) is 3.79. The van der Waals surface area contributed by atoms with E-state index in [0.717, 1.165) is 20.1 Å². The van der Waals surface area contributed by atoms with Crippen LogP contribution in [0.15, 0.2) is 45.8 Å². The van der Waals surface area contributed by atoms with Crippen LogP contribution in [0, 0.1) is 0 Å². The van der Waals surface area contributed by atoms with Gasteiger partial charge in [0.15, 0.2) is 0 Å². The molecule has 0 aliphatic carbocycles. The molecule has 0 aliphatic rings. The third kappa shape index (κ3) is 1.62. The Morgan fingerprint density at radius 1 is 1.15 bits per heavy atom. The molecular weight excluding hydrogens is 248 g/mol. The summed E-state index contributed by atoms with van der Waals surface area (Å²) in [5.41, 5.74) is 0. The molecule has 3 heteroatoms. The van der Waals surface area contributed by atoms with Gasteiger partial charge in [-0.15, -0.1) is 0 Å². The average molecular weight is 254 g/mol. The van der Waals surface area contributed by atoms with Gasteiger partial charge in [-0.2, -0.15) is 0 Å². The van der Waals surface area contributed by atoms with Gasteiger partial charge in [0.05, 0.1) is 5.39 Å². The first-order chi connectivity index (χ1) is 6.31. The maximum absolute atomic E-state index is 10.8. The fraction of sp³-hybridized carbons (Fsp3) is 0. The highest BCUT2D eigenvalue weighted by atomic mass is 79.9. The fourth-order valence-electron chi connectivity index (χ4n) is 1.31. The number of hydrogen-bond donors (Lipinski definition) is 0. The Balaban J connectivity index is 2.89. The van der Waals surface area contributed by atoms with Crippen molar-refractivity contribution in [2.75, 3.05) is 0 Å². The van der Waals surface area contributed by atoms with Crippen LogP contribution < -0.4 is 0 Å². The lowest BCUT2D eigenvalue weighted by molar-refractivity contribution is 0.605. The van der Waals surface area contributed by atoms with Gasteiger partial charge in [0.25, 0.3) is 4.90 Å².